The number of likely N-dealkylation sites (tertiary alicyclic amines) is 1. The Balaban J connectivity index is 1.32. The van der Waals surface area contributed by atoms with Gasteiger partial charge in [-0.25, -0.2) is 9.97 Å². The van der Waals surface area contributed by atoms with Crippen molar-refractivity contribution < 1.29 is 9.59 Å². The molecule has 0 bridgehead atoms. The zero-order chi connectivity index (χ0) is 23.4. The zero-order valence-corrected chi connectivity index (χ0v) is 19.9. The smallest absolute Gasteiger partial charge is 0.229 e. The van der Waals surface area contributed by atoms with Gasteiger partial charge in [-0.2, -0.15) is 0 Å². The van der Waals surface area contributed by atoms with Crippen molar-refractivity contribution in [3.63, 3.8) is 0 Å². The molecule has 2 unspecified atom stereocenters. The van der Waals surface area contributed by atoms with Crippen LogP contribution in [0.2, 0.25) is 0 Å². The number of hydrogen-bond acceptors (Lipinski definition) is 5. The lowest BCUT2D eigenvalue weighted by Crippen LogP contribution is -2.37. The lowest BCUT2D eigenvalue weighted by Gasteiger charge is -2.27. The van der Waals surface area contributed by atoms with Gasteiger partial charge in [-0.05, 0) is 63.9 Å². The highest BCUT2D eigenvalue weighted by Crippen LogP contribution is 2.29. The van der Waals surface area contributed by atoms with Gasteiger partial charge < -0.3 is 15.5 Å². The van der Waals surface area contributed by atoms with Gasteiger partial charge >= 0.3 is 0 Å². The second-order valence-electron chi connectivity index (χ2n) is 9.53. The van der Waals surface area contributed by atoms with Gasteiger partial charge in [-0.1, -0.05) is 25.7 Å². The Labute approximate surface area is 196 Å². The number of nitrogens with one attached hydrogen (secondary N) is 2. The third kappa shape index (κ3) is 5.89. The predicted molar refractivity (Wildman–Crippen MR) is 130 cm³/mol. The number of rotatable bonds is 6. The second kappa shape index (κ2) is 10.3. The fourth-order valence-corrected chi connectivity index (χ4v) is 4.99. The fraction of sp³-hybridized carbons (Fsp3) is 0.538. The van der Waals surface area contributed by atoms with Crippen molar-refractivity contribution in [3.8, 4) is 0 Å². The summed E-state index contributed by atoms with van der Waals surface area (Å²) in [4.78, 5) is 36.4. The zero-order valence-electron chi connectivity index (χ0n) is 19.9. The Morgan fingerprint density at radius 1 is 1.00 bits per heavy atom. The van der Waals surface area contributed by atoms with Crippen molar-refractivity contribution in [3.05, 3.63) is 47.5 Å². The van der Waals surface area contributed by atoms with Gasteiger partial charge in [0.25, 0.3) is 0 Å². The Bertz CT molecular complexity index is 962. The van der Waals surface area contributed by atoms with Crippen LogP contribution in [-0.4, -0.2) is 39.3 Å². The number of carbonyl (C=O) groups excluding carboxylic acids is 2. The third-order valence-corrected chi connectivity index (χ3v) is 6.72. The third-order valence-electron chi connectivity index (χ3n) is 6.72. The van der Waals surface area contributed by atoms with Gasteiger partial charge in [0.15, 0.2) is 5.82 Å². The molecule has 7 heteroatoms. The first-order valence-electron chi connectivity index (χ1n) is 12.2. The highest BCUT2D eigenvalue weighted by atomic mass is 16.2. The van der Waals surface area contributed by atoms with Crippen molar-refractivity contribution in [1.29, 1.82) is 0 Å². The molecule has 4 rings (SSSR count). The summed E-state index contributed by atoms with van der Waals surface area (Å²) in [6.45, 7) is 6.51. The molecule has 1 saturated carbocycles. The van der Waals surface area contributed by atoms with Crippen molar-refractivity contribution in [2.24, 2.45) is 5.92 Å². The molecule has 1 aliphatic heterocycles. The molecule has 1 aromatic heterocycles. The number of nitrogens with zero attached hydrogens (tertiary/aromatic N) is 3. The van der Waals surface area contributed by atoms with E-state index in [-0.39, 0.29) is 23.8 Å². The molecule has 2 atom stereocenters. The molecular weight excluding hydrogens is 414 g/mol. The van der Waals surface area contributed by atoms with Crippen LogP contribution in [0.1, 0.15) is 75.1 Å². The predicted octanol–water partition coefficient (Wildman–Crippen LogP) is 4.78. The van der Waals surface area contributed by atoms with Crippen LogP contribution < -0.4 is 10.6 Å². The van der Waals surface area contributed by atoms with E-state index in [1.54, 1.807) is 0 Å². The maximum Gasteiger partial charge on any atom is 0.229 e. The fourth-order valence-electron chi connectivity index (χ4n) is 4.99. The van der Waals surface area contributed by atoms with E-state index in [1.165, 1.54) is 25.7 Å². The minimum Gasteiger partial charge on any atom is -0.375 e. The molecule has 33 heavy (non-hydrogen) atoms. The normalized spacial score (nSPS) is 20.4. The Kier molecular flexibility index (Phi) is 7.26. The summed E-state index contributed by atoms with van der Waals surface area (Å²) in [6.07, 6.45) is 7.32. The largest absolute Gasteiger partial charge is 0.375 e. The number of carbonyl (C=O) groups is 2. The summed E-state index contributed by atoms with van der Waals surface area (Å²) in [6, 6.07) is 9.87. The SMILES string of the molecule is Cc1cc(C)nc(C(C)Nc2ccc(NC(=O)C3CC(=O)N(C4CCCCCC4)C3)cc2)n1. The van der Waals surface area contributed by atoms with E-state index in [0.29, 0.717) is 19.0 Å². The van der Waals surface area contributed by atoms with E-state index >= 15 is 0 Å². The summed E-state index contributed by atoms with van der Waals surface area (Å²) in [5, 5.41) is 6.41. The first-order valence-corrected chi connectivity index (χ1v) is 12.2. The Hall–Kier alpha value is -2.96. The highest BCUT2D eigenvalue weighted by Gasteiger charge is 2.37. The van der Waals surface area contributed by atoms with Gasteiger partial charge in [0.1, 0.15) is 0 Å². The molecule has 2 heterocycles. The number of amides is 2. The minimum absolute atomic E-state index is 0.0384. The van der Waals surface area contributed by atoms with Gasteiger partial charge in [-0.3, -0.25) is 9.59 Å². The second-order valence-corrected chi connectivity index (χ2v) is 9.53. The van der Waals surface area contributed by atoms with Crippen LogP contribution in [0, 0.1) is 19.8 Å². The van der Waals surface area contributed by atoms with Crippen LogP contribution in [0.3, 0.4) is 0 Å². The summed E-state index contributed by atoms with van der Waals surface area (Å²) < 4.78 is 0. The van der Waals surface area contributed by atoms with E-state index in [1.807, 2.05) is 56.0 Å². The molecule has 2 aliphatic rings. The molecule has 0 radical (unpaired) electrons. The molecule has 1 aromatic carbocycles. The van der Waals surface area contributed by atoms with Gasteiger partial charge in [-0.15, -0.1) is 0 Å². The average molecular weight is 450 g/mol. The summed E-state index contributed by atoms with van der Waals surface area (Å²) >= 11 is 0. The van der Waals surface area contributed by atoms with E-state index in [9.17, 15) is 9.59 Å². The van der Waals surface area contributed by atoms with E-state index in [4.69, 9.17) is 0 Å². The first-order chi connectivity index (χ1) is 15.9. The number of aromatic nitrogens is 2. The van der Waals surface area contributed by atoms with Crippen LogP contribution in [0.15, 0.2) is 30.3 Å². The molecule has 2 fully saturated rings. The Morgan fingerprint density at radius 2 is 1.61 bits per heavy atom. The topological polar surface area (TPSA) is 87.2 Å². The van der Waals surface area contributed by atoms with E-state index in [0.717, 1.165) is 41.4 Å². The summed E-state index contributed by atoms with van der Waals surface area (Å²) in [5.74, 6) is 0.538. The molecule has 176 valence electrons. The summed E-state index contributed by atoms with van der Waals surface area (Å²) in [7, 11) is 0. The minimum atomic E-state index is -0.278. The van der Waals surface area contributed by atoms with Crippen molar-refractivity contribution in [2.75, 3.05) is 17.2 Å². The lowest BCUT2D eigenvalue weighted by molar-refractivity contribution is -0.130. The molecule has 1 saturated heterocycles. The number of hydrogen-bond donors (Lipinski definition) is 2. The highest BCUT2D eigenvalue weighted by molar-refractivity contribution is 5.97. The molecule has 7 nitrogen and oxygen atoms in total. The standard InChI is InChI=1S/C26H35N5O2/c1-17-14-18(2)28-25(27-17)19(3)29-21-10-12-22(13-11-21)30-26(33)20-15-24(32)31(16-20)23-8-6-4-5-7-9-23/h10-14,19-20,23,29H,4-9,15-16H2,1-3H3,(H,30,33). The maximum absolute atomic E-state index is 12.8. The molecule has 2 amide bonds. The van der Waals surface area contributed by atoms with Crippen LogP contribution in [-0.2, 0) is 9.59 Å². The molecule has 0 spiro atoms. The monoisotopic (exact) mass is 449 g/mol. The first kappa shape index (κ1) is 23.2. The van der Waals surface area contributed by atoms with Crippen LogP contribution >= 0.6 is 0 Å². The van der Waals surface area contributed by atoms with E-state index < -0.39 is 0 Å². The quantitative estimate of drug-likeness (QED) is 0.620. The lowest BCUT2D eigenvalue weighted by atomic mass is 10.1. The van der Waals surface area contributed by atoms with E-state index in [2.05, 4.69) is 20.6 Å². The van der Waals surface area contributed by atoms with Crippen molar-refractivity contribution in [1.82, 2.24) is 14.9 Å². The maximum atomic E-state index is 12.8. The van der Waals surface area contributed by atoms with Gasteiger partial charge in [0.05, 0.1) is 12.0 Å². The number of anilines is 2. The van der Waals surface area contributed by atoms with Gasteiger partial charge in [0.2, 0.25) is 11.8 Å². The van der Waals surface area contributed by atoms with Gasteiger partial charge in [0, 0.05) is 41.8 Å². The molecular formula is C26H35N5O2. The van der Waals surface area contributed by atoms with Crippen molar-refractivity contribution in [2.45, 2.75) is 77.8 Å². The van der Waals surface area contributed by atoms with Crippen LogP contribution in [0.4, 0.5) is 11.4 Å². The molecule has 1 aliphatic carbocycles. The number of aryl methyl sites for hydroxylation is 2. The molecule has 2 N–H and O–H groups in total. The Morgan fingerprint density at radius 3 is 2.24 bits per heavy atom. The average Bonchev–Trinajstić information content (AvgIpc) is 2.98. The van der Waals surface area contributed by atoms with Crippen LogP contribution in [0.25, 0.3) is 0 Å². The van der Waals surface area contributed by atoms with Crippen LogP contribution in [0.5, 0.6) is 0 Å². The summed E-state index contributed by atoms with van der Waals surface area (Å²) in [5.41, 5.74) is 3.57. The van der Waals surface area contributed by atoms with Crippen molar-refractivity contribution >= 4 is 23.2 Å². The number of benzene rings is 1. The molecule has 2 aromatic rings.